The molecule has 2 heterocycles. The number of aryl methyl sites for hydroxylation is 1. The molecular formula is C28H34Cl2N4O4. The van der Waals surface area contributed by atoms with Crippen LogP contribution in [0, 0.1) is 0 Å². The molecule has 0 bridgehead atoms. The molecule has 2 aromatic rings. The predicted octanol–water partition coefficient (Wildman–Crippen LogP) is 3.48. The lowest BCUT2D eigenvalue weighted by molar-refractivity contribution is -0.144. The van der Waals surface area contributed by atoms with Gasteiger partial charge in [0.2, 0.25) is 11.8 Å². The van der Waals surface area contributed by atoms with Crippen LogP contribution in [0.4, 0.5) is 0 Å². The zero-order valence-corrected chi connectivity index (χ0v) is 22.7. The molecule has 0 radical (unpaired) electrons. The highest BCUT2D eigenvalue weighted by atomic mass is 35.5. The minimum Gasteiger partial charge on any atom is -0.481 e. The Morgan fingerprint density at radius 3 is 2.58 bits per heavy atom. The molecule has 0 spiro atoms. The van der Waals surface area contributed by atoms with Crippen molar-refractivity contribution in [2.24, 2.45) is 5.73 Å². The third kappa shape index (κ3) is 7.05. The van der Waals surface area contributed by atoms with E-state index in [0.29, 0.717) is 36.0 Å². The van der Waals surface area contributed by atoms with Gasteiger partial charge in [-0.2, -0.15) is 0 Å². The first-order chi connectivity index (χ1) is 18.2. The summed E-state index contributed by atoms with van der Waals surface area (Å²) in [4.78, 5) is 42.4. The first kappa shape index (κ1) is 28.4. The number of hydrogen-bond donors (Lipinski definition) is 3. The Hall–Kier alpha value is -2.65. The van der Waals surface area contributed by atoms with Gasteiger partial charge in [0.05, 0.1) is 16.1 Å². The average Bonchev–Trinajstić information content (AvgIpc) is 3.24. The number of halogens is 2. The summed E-state index contributed by atoms with van der Waals surface area (Å²) in [5, 5.41) is 13.0. The second kappa shape index (κ2) is 12.9. The fourth-order valence-electron chi connectivity index (χ4n) is 5.54. The van der Waals surface area contributed by atoms with Crippen molar-refractivity contribution in [2.75, 3.05) is 13.1 Å². The molecular weight excluding hydrogens is 527 g/mol. The molecule has 10 heteroatoms. The van der Waals surface area contributed by atoms with Gasteiger partial charge in [-0.25, -0.2) is 0 Å². The van der Waals surface area contributed by atoms with Crippen molar-refractivity contribution < 1.29 is 19.5 Å². The fraction of sp³-hybridized carbons (Fsp3) is 0.464. The maximum Gasteiger partial charge on any atom is 0.303 e. The van der Waals surface area contributed by atoms with E-state index in [-0.39, 0.29) is 43.3 Å². The summed E-state index contributed by atoms with van der Waals surface area (Å²) >= 11 is 12.1. The topological polar surface area (TPSA) is 116 Å². The van der Waals surface area contributed by atoms with Crippen LogP contribution in [0.1, 0.15) is 43.2 Å². The zero-order chi connectivity index (χ0) is 27.2. The van der Waals surface area contributed by atoms with Crippen LogP contribution < -0.4 is 11.1 Å². The van der Waals surface area contributed by atoms with Crippen LogP contribution in [0.5, 0.6) is 0 Å². The number of fused-ring (bicyclic) bond motifs is 1. The van der Waals surface area contributed by atoms with Gasteiger partial charge in [0.15, 0.2) is 0 Å². The molecule has 8 nitrogen and oxygen atoms in total. The molecule has 0 aromatic heterocycles. The number of aliphatic carboxylic acids is 1. The second-order valence-electron chi connectivity index (χ2n) is 10.1. The lowest BCUT2D eigenvalue weighted by Crippen LogP contribution is -2.53. The quantitative estimate of drug-likeness (QED) is 0.409. The maximum absolute atomic E-state index is 13.8. The summed E-state index contributed by atoms with van der Waals surface area (Å²) in [6.45, 7) is 1.19. The molecule has 4 atom stereocenters. The Balaban J connectivity index is 1.51. The fourth-order valence-corrected chi connectivity index (χ4v) is 5.86. The van der Waals surface area contributed by atoms with Crippen molar-refractivity contribution in [1.29, 1.82) is 0 Å². The lowest BCUT2D eigenvalue weighted by Gasteiger charge is -2.32. The van der Waals surface area contributed by atoms with Crippen LogP contribution in [0.3, 0.4) is 0 Å². The zero-order valence-electron chi connectivity index (χ0n) is 21.2. The van der Waals surface area contributed by atoms with E-state index in [1.54, 1.807) is 23.1 Å². The summed E-state index contributed by atoms with van der Waals surface area (Å²) in [5.74, 6) is -1.55. The van der Waals surface area contributed by atoms with E-state index in [0.717, 1.165) is 18.4 Å². The standard InChI is InChI=1S/C28H34Cl2N4O4/c29-22-9-7-19(14-23(22)30)16-32-27(37)24(10-11-26(35)36)33-13-12-21(8-6-18-4-2-1-3-5-18)34-17-20(31)15-25(34)28(33)38/h1-5,7,9,14,20-21,24-25H,6,8,10-13,15-17,31H2,(H,32,37)(H,35,36)/t20-,21?,24-,25+/m1/s1. The van der Waals surface area contributed by atoms with Gasteiger partial charge in [0.25, 0.3) is 0 Å². The van der Waals surface area contributed by atoms with Crippen molar-refractivity contribution in [3.63, 3.8) is 0 Å². The van der Waals surface area contributed by atoms with Crippen LogP contribution in [0.25, 0.3) is 0 Å². The van der Waals surface area contributed by atoms with Crippen molar-refractivity contribution in [1.82, 2.24) is 15.1 Å². The van der Waals surface area contributed by atoms with Crippen LogP contribution in [-0.4, -0.2) is 69.9 Å². The van der Waals surface area contributed by atoms with E-state index >= 15 is 0 Å². The second-order valence-corrected chi connectivity index (χ2v) is 10.9. The summed E-state index contributed by atoms with van der Waals surface area (Å²) in [5.41, 5.74) is 8.29. The van der Waals surface area contributed by atoms with Gasteiger partial charge in [-0.05, 0) is 55.4 Å². The largest absolute Gasteiger partial charge is 0.481 e. The third-order valence-electron chi connectivity index (χ3n) is 7.48. The molecule has 1 unspecified atom stereocenters. The highest BCUT2D eigenvalue weighted by molar-refractivity contribution is 6.42. The molecule has 2 aliphatic heterocycles. The number of benzene rings is 2. The molecule has 2 aliphatic rings. The Bertz CT molecular complexity index is 1150. The van der Waals surface area contributed by atoms with Gasteiger partial charge in [-0.15, -0.1) is 0 Å². The minimum atomic E-state index is -1.01. The van der Waals surface area contributed by atoms with E-state index in [1.807, 2.05) is 18.2 Å². The van der Waals surface area contributed by atoms with Gasteiger partial charge in [0, 0.05) is 38.1 Å². The normalized spacial score (nSPS) is 22.6. The van der Waals surface area contributed by atoms with Crippen molar-refractivity contribution >= 4 is 41.0 Å². The number of rotatable bonds is 10. The molecule has 0 saturated carbocycles. The summed E-state index contributed by atoms with van der Waals surface area (Å²) in [6, 6.07) is 14.0. The van der Waals surface area contributed by atoms with Crippen LogP contribution in [0.15, 0.2) is 48.5 Å². The number of carbonyl (C=O) groups is 3. The van der Waals surface area contributed by atoms with Crippen LogP contribution in [-0.2, 0) is 27.3 Å². The number of nitrogens with zero attached hydrogens (tertiary/aromatic N) is 2. The summed E-state index contributed by atoms with van der Waals surface area (Å²) in [7, 11) is 0. The lowest BCUT2D eigenvalue weighted by atomic mass is 10.0. The number of hydrogen-bond acceptors (Lipinski definition) is 5. The van der Waals surface area contributed by atoms with Crippen LogP contribution >= 0.6 is 23.2 Å². The monoisotopic (exact) mass is 560 g/mol. The smallest absolute Gasteiger partial charge is 0.303 e. The summed E-state index contributed by atoms with van der Waals surface area (Å²) in [6.07, 6.45) is 2.77. The number of carboxylic acid groups (broad SMARTS) is 1. The molecule has 0 aliphatic carbocycles. The van der Waals surface area contributed by atoms with Gasteiger partial charge >= 0.3 is 5.97 Å². The molecule has 204 valence electrons. The van der Waals surface area contributed by atoms with Crippen molar-refractivity contribution in [3.8, 4) is 0 Å². The summed E-state index contributed by atoms with van der Waals surface area (Å²) < 4.78 is 0. The SMILES string of the molecule is N[C@@H]1C[C@H]2C(=O)N([C@H](CCC(=O)O)C(=O)NCc3ccc(Cl)c(Cl)c3)CCC(CCc3ccccc3)N2C1. The molecule has 4 N–H and O–H groups in total. The molecule has 2 aromatic carbocycles. The average molecular weight is 562 g/mol. The first-order valence-corrected chi connectivity index (χ1v) is 13.8. The Morgan fingerprint density at radius 2 is 1.87 bits per heavy atom. The highest BCUT2D eigenvalue weighted by Crippen LogP contribution is 2.30. The first-order valence-electron chi connectivity index (χ1n) is 13.0. The van der Waals surface area contributed by atoms with E-state index in [1.165, 1.54) is 5.56 Å². The minimum absolute atomic E-state index is 0.0295. The van der Waals surface area contributed by atoms with Crippen molar-refractivity contribution in [3.05, 3.63) is 69.7 Å². The number of carbonyl (C=O) groups excluding carboxylic acids is 2. The number of amides is 2. The van der Waals surface area contributed by atoms with Crippen LogP contribution in [0.2, 0.25) is 10.0 Å². The Labute approximate surface area is 233 Å². The Morgan fingerprint density at radius 1 is 1.11 bits per heavy atom. The molecule has 38 heavy (non-hydrogen) atoms. The Kier molecular flexibility index (Phi) is 9.65. The van der Waals surface area contributed by atoms with Gasteiger partial charge < -0.3 is 21.1 Å². The van der Waals surface area contributed by atoms with Crippen molar-refractivity contribution in [2.45, 2.75) is 69.2 Å². The van der Waals surface area contributed by atoms with E-state index in [4.69, 9.17) is 28.9 Å². The van der Waals surface area contributed by atoms with E-state index < -0.39 is 18.1 Å². The highest BCUT2D eigenvalue weighted by Gasteiger charge is 2.45. The molecule has 4 rings (SSSR count). The maximum atomic E-state index is 13.8. The molecule has 2 saturated heterocycles. The van der Waals surface area contributed by atoms with Gasteiger partial charge in [-0.3, -0.25) is 19.3 Å². The van der Waals surface area contributed by atoms with E-state index in [9.17, 15) is 19.5 Å². The molecule has 2 amide bonds. The number of nitrogens with one attached hydrogen (secondary N) is 1. The van der Waals surface area contributed by atoms with E-state index in [2.05, 4.69) is 22.3 Å². The number of carboxylic acids is 1. The van der Waals surface area contributed by atoms with Gasteiger partial charge in [0.1, 0.15) is 6.04 Å². The predicted molar refractivity (Wildman–Crippen MR) is 147 cm³/mol. The van der Waals surface area contributed by atoms with Gasteiger partial charge in [-0.1, -0.05) is 59.6 Å². The number of nitrogens with two attached hydrogens (primary N) is 1. The third-order valence-corrected chi connectivity index (χ3v) is 8.22. The molecule has 2 fully saturated rings.